The van der Waals surface area contributed by atoms with Gasteiger partial charge >= 0.3 is 11.9 Å². The summed E-state index contributed by atoms with van der Waals surface area (Å²) in [5.41, 5.74) is 0. The Morgan fingerprint density at radius 3 is 2.10 bits per heavy atom. The third kappa shape index (κ3) is 6.57. The maximum atomic E-state index is 11.7. The molecule has 0 aromatic carbocycles. The van der Waals surface area contributed by atoms with E-state index in [1.165, 1.54) is 6.92 Å². The second-order valence-electron chi connectivity index (χ2n) is 6.53. The fraction of sp³-hybridized carbons (Fsp3) is 0.800. The van der Waals surface area contributed by atoms with Gasteiger partial charge in [-0.25, -0.2) is 0 Å². The first kappa shape index (κ1) is 27.2. The van der Waals surface area contributed by atoms with Crippen LogP contribution < -0.4 is 0 Å². The number of aliphatic hydroxyl groups is 10. The second-order valence-corrected chi connectivity index (χ2v) is 6.53. The van der Waals surface area contributed by atoms with Crippen molar-refractivity contribution in [2.24, 2.45) is 0 Å². The molecule has 7 unspecified atom stereocenters. The Hall–Kier alpha value is -1.83. The van der Waals surface area contributed by atoms with E-state index in [4.69, 9.17) is 24.4 Å². The molecule has 0 aliphatic carbocycles. The molecule has 31 heavy (non-hydrogen) atoms. The van der Waals surface area contributed by atoms with Crippen LogP contribution in [0.1, 0.15) is 6.92 Å². The number of nitrogens with zero attached hydrogens (tertiary/aromatic N) is 1. The van der Waals surface area contributed by atoms with Crippen LogP contribution in [0.25, 0.3) is 0 Å². The summed E-state index contributed by atoms with van der Waals surface area (Å²) in [5.74, 6) is -5.43. The molecule has 0 aromatic heterocycles. The summed E-state index contributed by atoms with van der Waals surface area (Å²) >= 11 is 0. The molecule has 0 spiro atoms. The van der Waals surface area contributed by atoms with Crippen LogP contribution in [0.2, 0.25) is 0 Å². The maximum absolute atomic E-state index is 11.7. The lowest BCUT2D eigenvalue weighted by Gasteiger charge is -2.44. The molecule has 1 rings (SSSR count). The lowest BCUT2D eigenvalue weighted by molar-refractivity contribution is -0.354. The normalized spacial score (nSPS) is 29.3. The number of carbonyl (C=O) groups excluding carboxylic acids is 1. The van der Waals surface area contributed by atoms with Gasteiger partial charge in [-0.1, -0.05) is 0 Å². The maximum Gasteiger partial charge on any atom is 0.324 e. The van der Waals surface area contributed by atoms with Crippen molar-refractivity contribution in [2.45, 2.75) is 62.4 Å². The van der Waals surface area contributed by atoms with Crippen LogP contribution >= 0.6 is 0 Å². The quantitative estimate of drug-likeness (QED) is 0.0479. The standard InChI is InChI=1S/C15H27NO15/c1-4(19)5(2-17)30-15(14(26)27)31-10-6(3-18)29-12(8(21)7(10)20)16(28)11(23)9(22)13(24)25/h4-8,10,12,14-15,17-22,24-28H,2-3H2,1H3/t4-,5?,6?,7?,8?,10?,12?,15?/m1/s1. The number of hydrogen-bond acceptors (Lipinski definition) is 15. The number of hydrogen-bond donors (Lipinski definition) is 11. The summed E-state index contributed by atoms with van der Waals surface area (Å²) in [6.45, 7) is -0.529. The average molecular weight is 461 g/mol. The molecule has 16 heteroatoms. The third-order valence-corrected chi connectivity index (χ3v) is 4.26. The largest absolute Gasteiger partial charge is 0.498 e. The van der Waals surface area contributed by atoms with Gasteiger partial charge in [0, 0.05) is 0 Å². The molecule has 1 amide bonds. The van der Waals surface area contributed by atoms with Gasteiger partial charge in [0.1, 0.15) is 30.5 Å². The summed E-state index contributed by atoms with van der Waals surface area (Å²) in [6.07, 6.45) is -16.9. The molecule has 182 valence electrons. The highest BCUT2D eigenvalue weighted by atomic mass is 16.7. The molecule has 16 nitrogen and oxygen atoms in total. The number of rotatable bonds is 10. The molecule has 1 fully saturated rings. The fourth-order valence-electron chi connectivity index (χ4n) is 2.57. The van der Waals surface area contributed by atoms with E-state index in [1.807, 2.05) is 0 Å². The first-order valence-corrected chi connectivity index (χ1v) is 8.79. The van der Waals surface area contributed by atoms with Gasteiger partial charge in [-0.05, 0) is 6.92 Å². The molecule has 11 N–H and O–H groups in total. The molecule has 1 aliphatic rings. The first-order valence-electron chi connectivity index (χ1n) is 8.79. The molecule has 1 heterocycles. The lowest BCUT2D eigenvalue weighted by atomic mass is 9.97. The van der Waals surface area contributed by atoms with Crippen molar-refractivity contribution in [2.75, 3.05) is 13.2 Å². The minimum absolute atomic E-state index is 0.487. The minimum Gasteiger partial charge on any atom is -0.498 e. The van der Waals surface area contributed by atoms with Crippen molar-refractivity contribution >= 4 is 5.91 Å². The summed E-state index contributed by atoms with van der Waals surface area (Å²) in [6, 6.07) is 0. The van der Waals surface area contributed by atoms with E-state index in [0.717, 1.165) is 0 Å². The number of hydroxylamine groups is 2. The van der Waals surface area contributed by atoms with E-state index in [0.29, 0.717) is 0 Å². The van der Waals surface area contributed by atoms with Gasteiger partial charge in [0.15, 0.2) is 6.23 Å². The molecule has 1 saturated heterocycles. The van der Waals surface area contributed by atoms with Gasteiger partial charge < -0.3 is 65.3 Å². The molecule has 1 aliphatic heterocycles. The van der Waals surface area contributed by atoms with Crippen molar-refractivity contribution in [3.63, 3.8) is 0 Å². The zero-order chi connectivity index (χ0) is 24.0. The first-order chi connectivity index (χ1) is 14.4. The zero-order valence-corrected chi connectivity index (χ0v) is 16.1. The van der Waals surface area contributed by atoms with Crippen molar-refractivity contribution in [3.8, 4) is 0 Å². The molecule has 8 atom stereocenters. The number of carbonyl (C=O) groups is 1. The molecular formula is C15H27NO15. The summed E-state index contributed by atoms with van der Waals surface area (Å²) in [7, 11) is 0. The van der Waals surface area contributed by atoms with Gasteiger partial charge in [-0.15, -0.1) is 0 Å². The number of amides is 1. The van der Waals surface area contributed by atoms with Crippen molar-refractivity contribution < 1.29 is 75.3 Å². The average Bonchev–Trinajstić information content (AvgIpc) is 2.71. The summed E-state index contributed by atoms with van der Waals surface area (Å²) < 4.78 is 15.2. The Labute approximate surface area is 174 Å². The number of aliphatic hydroxyl groups excluding tert-OH is 8. The van der Waals surface area contributed by atoms with Gasteiger partial charge in [0.2, 0.25) is 12.6 Å². The van der Waals surface area contributed by atoms with Gasteiger partial charge in [0.05, 0.1) is 19.3 Å². The second kappa shape index (κ2) is 11.7. The van der Waals surface area contributed by atoms with Crippen LogP contribution in [0, 0.1) is 0 Å². The van der Waals surface area contributed by atoms with E-state index >= 15 is 0 Å². The third-order valence-electron chi connectivity index (χ3n) is 4.26. The minimum atomic E-state index is -2.39. The fourth-order valence-corrected chi connectivity index (χ4v) is 2.57. The van der Waals surface area contributed by atoms with Crippen LogP contribution in [0.3, 0.4) is 0 Å². The Bertz CT molecular complexity index is 607. The highest BCUT2D eigenvalue weighted by molar-refractivity contribution is 5.90. The molecule has 0 saturated carbocycles. The van der Waals surface area contributed by atoms with E-state index in [1.54, 1.807) is 0 Å². The van der Waals surface area contributed by atoms with Gasteiger partial charge in [0.25, 0.3) is 5.76 Å². The summed E-state index contributed by atoms with van der Waals surface area (Å²) in [5, 5.41) is 103. The number of ether oxygens (including phenoxy) is 3. The zero-order valence-electron chi connectivity index (χ0n) is 16.1. The van der Waals surface area contributed by atoms with Crippen molar-refractivity contribution in [1.82, 2.24) is 5.06 Å². The van der Waals surface area contributed by atoms with E-state index in [9.17, 15) is 50.9 Å². The Morgan fingerprint density at radius 1 is 1.10 bits per heavy atom. The van der Waals surface area contributed by atoms with Crippen LogP contribution in [-0.2, 0) is 19.0 Å². The smallest absolute Gasteiger partial charge is 0.324 e. The Kier molecular flexibility index (Phi) is 10.3. The Balaban J connectivity index is 3.05. The molecular weight excluding hydrogens is 434 g/mol. The van der Waals surface area contributed by atoms with E-state index < -0.39 is 91.3 Å². The lowest BCUT2D eigenvalue weighted by Crippen LogP contribution is -2.65. The molecule has 0 aromatic rings. The molecule has 0 bridgehead atoms. The van der Waals surface area contributed by atoms with E-state index in [2.05, 4.69) is 0 Å². The topological polar surface area (TPSA) is 271 Å². The summed E-state index contributed by atoms with van der Waals surface area (Å²) in [4.78, 5) is 11.7. The van der Waals surface area contributed by atoms with E-state index in [-0.39, 0.29) is 0 Å². The predicted octanol–water partition coefficient (Wildman–Crippen LogP) is -4.73. The highest BCUT2D eigenvalue weighted by Crippen LogP contribution is 2.27. The van der Waals surface area contributed by atoms with Crippen LogP contribution in [0.4, 0.5) is 0 Å². The monoisotopic (exact) mass is 461 g/mol. The van der Waals surface area contributed by atoms with Gasteiger partial charge in [-0.2, -0.15) is 5.06 Å². The SMILES string of the molecule is C[C@@H](O)C(CO)OC(OC1C(CO)OC(N(O)C(=O)C(O)=C(O)O)C(O)C1O)C(O)O. The van der Waals surface area contributed by atoms with Crippen molar-refractivity contribution in [1.29, 1.82) is 0 Å². The molecule has 0 radical (unpaired) electrons. The Morgan fingerprint density at radius 2 is 1.68 bits per heavy atom. The van der Waals surface area contributed by atoms with Crippen LogP contribution in [0.15, 0.2) is 11.7 Å². The predicted molar refractivity (Wildman–Crippen MR) is 91.8 cm³/mol. The van der Waals surface area contributed by atoms with Crippen molar-refractivity contribution in [3.05, 3.63) is 11.7 Å². The van der Waals surface area contributed by atoms with Crippen LogP contribution in [0.5, 0.6) is 0 Å². The highest BCUT2D eigenvalue weighted by Gasteiger charge is 2.50. The van der Waals surface area contributed by atoms with Crippen LogP contribution in [-0.4, -0.2) is 136 Å². The van der Waals surface area contributed by atoms with Gasteiger partial charge in [-0.3, -0.25) is 10.0 Å².